The van der Waals surface area contributed by atoms with Gasteiger partial charge in [0.25, 0.3) is 0 Å². The van der Waals surface area contributed by atoms with E-state index in [1.165, 1.54) is 12.8 Å². The van der Waals surface area contributed by atoms with E-state index in [1.54, 1.807) is 6.26 Å². The van der Waals surface area contributed by atoms with Crippen LogP contribution in [0.2, 0.25) is 0 Å². The molecule has 1 N–H and O–H groups in total. The van der Waals surface area contributed by atoms with Crippen molar-refractivity contribution in [3.63, 3.8) is 0 Å². The van der Waals surface area contributed by atoms with Gasteiger partial charge < -0.3 is 19.6 Å². The van der Waals surface area contributed by atoms with Gasteiger partial charge in [0.1, 0.15) is 6.26 Å². The molecule has 3 heterocycles. The number of guanidine groups is 1. The number of aliphatic imine (C=N–C) groups is 1. The number of nitrogens with zero attached hydrogens (tertiary/aromatic N) is 6. The van der Waals surface area contributed by atoms with Crippen LogP contribution < -0.4 is 5.32 Å². The summed E-state index contributed by atoms with van der Waals surface area (Å²) in [4.78, 5) is 26.9. The number of piperazine rings is 2. The van der Waals surface area contributed by atoms with Crippen molar-refractivity contribution < 1.29 is 9.32 Å². The average molecular weight is 446 g/mol. The summed E-state index contributed by atoms with van der Waals surface area (Å²) in [6.45, 7) is 13.2. The second-order valence-corrected chi connectivity index (χ2v) is 9.14. The van der Waals surface area contributed by atoms with Crippen LogP contribution in [0.15, 0.2) is 21.8 Å². The van der Waals surface area contributed by atoms with Crippen molar-refractivity contribution in [2.24, 2.45) is 10.9 Å². The summed E-state index contributed by atoms with van der Waals surface area (Å²) < 4.78 is 4.94. The predicted octanol–water partition coefficient (Wildman–Crippen LogP) is 1.09. The van der Waals surface area contributed by atoms with Crippen molar-refractivity contribution in [1.29, 1.82) is 0 Å². The lowest BCUT2D eigenvalue weighted by molar-refractivity contribution is -0.137. The van der Waals surface area contributed by atoms with Gasteiger partial charge in [0.05, 0.1) is 12.2 Å². The number of amides is 1. The molecule has 3 fully saturated rings. The first-order valence-electron chi connectivity index (χ1n) is 12.4. The molecule has 2 saturated heterocycles. The van der Waals surface area contributed by atoms with Crippen LogP contribution >= 0.6 is 0 Å². The lowest BCUT2D eigenvalue weighted by Gasteiger charge is -2.37. The van der Waals surface area contributed by atoms with Gasteiger partial charge in [-0.1, -0.05) is 18.0 Å². The van der Waals surface area contributed by atoms with Crippen LogP contribution in [0.1, 0.15) is 38.3 Å². The third-order valence-electron chi connectivity index (χ3n) is 6.95. The molecule has 9 nitrogen and oxygen atoms in total. The molecule has 178 valence electrons. The Morgan fingerprint density at radius 2 is 1.75 bits per heavy atom. The summed E-state index contributed by atoms with van der Waals surface area (Å²) in [6, 6.07) is 1.93. The van der Waals surface area contributed by atoms with Crippen LogP contribution in [-0.4, -0.2) is 109 Å². The van der Waals surface area contributed by atoms with Crippen molar-refractivity contribution >= 4 is 11.9 Å². The van der Waals surface area contributed by atoms with Gasteiger partial charge >= 0.3 is 0 Å². The molecule has 0 atom stereocenters. The molecule has 32 heavy (non-hydrogen) atoms. The molecule has 1 aromatic rings. The minimum atomic E-state index is 0.297. The zero-order valence-corrected chi connectivity index (χ0v) is 19.5. The Labute approximate surface area is 191 Å². The highest BCUT2D eigenvalue weighted by Gasteiger charge is 2.29. The minimum absolute atomic E-state index is 0.297. The van der Waals surface area contributed by atoms with Gasteiger partial charge in [0.2, 0.25) is 5.91 Å². The largest absolute Gasteiger partial charge is 0.364 e. The fourth-order valence-electron chi connectivity index (χ4n) is 5.01. The second-order valence-electron chi connectivity index (χ2n) is 9.14. The minimum Gasteiger partial charge on any atom is -0.364 e. The van der Waals surface area contributed by atoms with E-state index in [-0.39, 0.29) is 0 Å². The Bertz CT molecular complexity index is 717. The van der Waals surface area contributed by atoms with E-state index < -0.39 is 0 Å². The monoisotopic (exact) mass is 445 g/mol. The molecule has 3 aliphatic rings. The first kappa shape index (κ1) is 23.0. The van der Waals surface area contributed by atoms with Gasteiger partial charge in [-0.2, -0.15) is 0 Å². The van der Waals surface area contributed by atoms with Crippen LogP contribution in [-0.2, 0) is 11.3 Å². The molecular formula is C23H39N7O2. The van der Waals surface area contributed by atoms with Crippen LogP contribution in [0.4, 0.5) is 0 Å². The van der Waals surface area contributed by atoms with Crippen LogP contribution in [0.5, 0.6) is 0 Å². The predicted molar refractivity (Wildman–Crippen MR) is 124 cm³/mol. The molecule has 0 spiro atoms. The zero-order chi connectivity index (χ0) is 22.2. The molecule has 1 aliphatic carbocycles. The molecule has 1 saturated carbocycles. The summed E-state index contributed by atoms with van der Waals surface area (Å²) in [7, 11) is 0. The molecule has 0 unspecified atom stereocenters. The van der Waals surface area contributed by atoms with Crippen molar-refractivity contribution in [3.8, 4) is 0 Å². The van der Waals surface area contributed by atoms with Crippen LogP contribution in [0, 0.1) is 5.92 Å². The van der Waals surface area contributed by atoms with E-state index in [0.29, 0.717) is 11.8 Å². The Morgan fingerprint density at radius 1 is 1.06 bits per heavy atom. The summed E-state index contributed by atoms with van der Waals surface area (Å²) in [5.74, 6) is 1.71. The van der Waals surface area contributed by atoms with E-state index >= 15 is 0 Å². The number of aromatic nitrogens is 1. The quantitative estimate of drug-likeness (QED) is 0.497. The Balaban J connectivity index is 1.18. The lowest BCUT2D eigenvalue weighted by atomic mass is 10.1. The Morgan fingerprint density at radius 3 is 2.41 bits per heavy atom. The zero-order valence-electron chi connectivity index (χ0n) is 19.5. The van der Waals surface area contributed by atoms with Crippen LogP contribution in [0.3, 0.4) is 0 Å². The third kappa shape index (κ3) is 6.22. The highest BCUT2D eigenvalue weighted by atomic mass is 16.5. The maximum atomic E-state index is 12.6. The standard InChI is InChI=1S/C23H39N7O2/c1-2-24-23(30-16-12-28(13-17-30)19-21-7-18-32-26-21)25-8-9-27-10-14-29(15-11-27)22(31)20-5-3-4-6-20/h7,18,20H,2-6,8-17,19H2,1H3,(H,24,25). The number of hydrogen-bond acceptors (Lipinski definition) is 6. The van der Waals surface area contributed by atoms with E-state index in [0.717, 1.165) is 103 Å². The Kier molecular flexibility index (Phi) is 8.39. The molecule has 0 aromatic carbocycles. The van der Waals surface area contributed by atoms with Crippen LogP contribution in [0.25, 0.3) is 0 Å². The maximum Gasteiger partial charge on any atom is 0.225 e. The van der Waals surface area contributed by atoms with Gasteiger partial charge in [0.15, 0.2) is 5.96 Å². The molecule has 4 rings (SSSR count). The number of nitrogens with one attached hydrogen (secondary N) is 1. The van der Waals surface area contributed by atoms with Crippen molar-refractivity contribution in [3.05, 3.63) is 18.0 Å². The summed E-state index contributed by atoms with van der Waals surface area (Å²) in [6.07, 6.45) is 6.26. The molecule has 9 heteroatoms. The van der Waals surface area contributed by atoms with Gasteiger partial charge in [0, 0.05) is 84.0 Å². The smallest absolute Gasteiger partial charge is 0.225 e. The normalized spacial score (nSPS) is 22.0. The second kappa shape index (κ2) is 11.7. The van der Waals surface area contributed by atoms with Gasteiger partial charge in [-0.25, -0.2) is 0 Å². The Hall–Kier alpha value is -2.13. The molecular weight excluding hydrogens is 406 g/mol. The molecule has 1 amide bonds. The molecule has 2 aliphatic heterocycles. The maximum absolute atomic E-state index is 12.6. The summed E-state index contributed by atoms with van der Waals surface area (Å²) in [5.41, 5.74) is 0.990. The lowest BCUT2D eigenvalue weighted by Crippen LogP contribution is -2.52. The van der Waals surface area contributed by atoms with E-state index in [4.69, 9.17) is 9.52 Å². The summed E-state index contributed by atoms with van der Waals surface area (Å²) in [5, 5.41) is 7.48. The van der Waals surface area contributed by atoms with E-state index in [1.807, 2.05) is 6.07 Å². The SMILES string of the molecule is CCNC(=NCCN1CCN(C(=O)C2CCCC2)CC1)N1CCN(Cc2ccon2)CC1. The molecule has 0 bridgehead atoms. The molecule has 1 aromatic heterocycles. The first-order chi connectivity index (χ1) is 15.7. The fraction of sp³-hybridized carbons (Fsp3) is 0.783. The van der Waals surface area contributed by atoms with E-state index in [2.05, 4.69) is 37.0 Å². The highest BCUT2D eigenvalue weighted by molar-refractivity contribution is 5.80. The highest BCUT2D eigenvalue weighted by Crippen LogP contribution is 2.26. The van der Waals surface area contributed by atoms with Gasteiger partial charge in [-0.05, 0) is 19.8 Å². The van der Waals surface area contributed by atoms with Crippen molar-refractivity contribution in [2.45, 2.75) is 39.2 Å². The van der Waals surface area contributed by atoms with Gasteiger partial charge in [-0.3, -0.25) is 19.6 Å². The number of carbonyl (C=O) groups excluding carboxylic acids is 1. The molecule has 0 radical (unpaired) electrons. The summed E-state index contributed by atoms with van der Waals surface area (Å²) >= 11 is 0. The number of rotatable bonds is 7. The average Bonchev–Trinajstić information content (AvgIpc) is 3.54. The topological polar surface area (TPSA) is 80.5 Å². The number of hydrogen-bond donors (Lipinski definition) is 1. The van der Waals surface area contributed by atoms with Crippen molar-refractivity contribution in [2.75, 3.05) is 72.0 Å². The fourth-order valence-corrected chi connectivity index (χ4v) is 5.01. The van der Waals surface area contributed by atoms with Crippen molar-refractivity contribution in [1.82, 2.24) is 30.1 Å². The van der Waals surface area contributed by atoms with Gasteiger partial charge in [-0.15, -0.1) is 0 Å². The third-order valence-corrected chi connectivity index (χ3v) is 6.95. The van der Waals surface area contributed by atoms with E-state index in [9.17, 15) is 4.79 Å². The first-order valence-corrected chi connectivity index (χ1v) is 12.4. The number of carbonyl (C=O) groups is 1.